The summed E-state index contributed by atoms with van der Waals surface area (Å²) in [4.78, 5) is 3.22. The number of fused-ring (bicyclic) bond motifs is 1. The summed E-state index contributed by atoms with van der Waals surface area (Å²) in [6, 6.07) is 18.0. The van der Waals surface area contributed by atoms with Gasteiger partial charge in [0.2, 0.25) is 0 Å². The van der Waals surface area contributed by atoms with Gasteiger partial charge in [-0.25, -0.2) is 5.84 Å². The van der Waals surface area contributed by atoms with E-state index in [-0.39, 0.29) is 0 Å². The van der Waals surface area contributed by atoms with E-state index in [1.807, 2.05) is 54.7 Å². The molecule has 0 spiro atoms. The molecule has 2 aromatic carbocycles. The van der Waals surface area contributed by atoms with Gasteiger partial charge in [-0.05, 0) is 18.2 Å². The first kappa shape index (κ1) is 9.93. The highest BCUT2D eigenvalue weighted by Gasteiger charge is 2.09. The zero-order chi connectivity index (χ0) is 11.7. The van der Waals surface area contributed by atoms with Gasteiger partial charge in [-0.1, -0.05) is 36.4 Å². The van der Waals surface area contributed by atoms with E-state index in [2.05, 4.69) is 11.1 Å². The Morgan fingerprint density at radius 2 is 1.59 bits per heavy atom. The van der Waals surface area contributed by atoms with Crippen molar-refractivity contribution in [2.75, 3.05) is 5.01 Å². The van der Waals surface area contributed by atoms with E-state index in [9.17, 15) is 0 Å². The number of nitrogens with two attached hydrogens (primary N) is 1. The Morgan fingerprint density at radius 1 is 0.882 bits per heavy atom. The van der Waals surface area contributed by atoms with E-state index in [0.29, 0.717) is 0 Å². The Bertz CT molecular complexity index is 628. The maximum atomic E-state index is 6.14. The SMILES string of the molecule is NN(c1ccccc1)c1c[nH]c2ccccc12. The molecule has 0 aliphatic rings. The van der Waals surface area contributed by atoms with E-state index >= 15 is 0 Å². The molecule has 1 heterocycles. The van der Waals surface area contributed by atoms with Gasteiger partial charge in [-0.15, -0.1) is 0 Å². The van der Waals surface area contributed by atoms with Gasteiger partial charge in [-0.2, -0.15) is 0 Å². The van der Waals surface area contributed by atoms with Crippen LogP contribution in [0, 0.1) is 0 Å². The number of nitrogens with zero attached hydrogens (tertiary/aromatic N) is 1. The first-order chi connectivity index (χ1) is 8.36. The monoisotopic (exact) mass is 223 g/mol. The lowest BCUT2D eigenvalue weighted by Crippen LogP contribution is -2.24. The van der Waals surface area contributed by atoms with Crippen LogP contribution in [0.4, 0.5) is 11.4 Å². The van der Waals surface area contributed by atoms with Crippen LogP contribution in [0.2, 0.25) is 0 Å². The predicted octanol–water partition coefficient (Wildman–Crippen LogP) is 3.18. The van der Waals surface area contributed by atoms with Gasteiger partial charge in [0.1, 0.15) is 0 Å². The highest BCUT2D eigenvalue weighted by molar-refractivity contribution is 5.94. The fourth-order valence-electron chi connectivity index (χ4n) is 1.98. The second-order valence-corrected chi connectivity index (χ2v) is 3.93. The molecule has 0 aliphatic heterocycles. The molecule has 3 nitrogen and oxygen atoms in total. The summed E-state index contributed by atoms with van der Waals surface area (Å²) in [5, 5.41) is 2.82. The molecular formula is C14H13N3. The molecule has 0 unspecified atom stereocenters. The highest BCUT2D eigenvalue weighted by atomic mass is 15.4. The molecule has 3 heteroatoms. The highest BCUT2D eigenvalue weighted by Crippen LogP contribution is 2.29. The zero-order valence-corrected chi connectivity index (χ0v) is 9.30. The topological polar surface area (TPSA) is 45.0 Å². The average Bonchev–Trinajstić information content (AvgIpc) is 2.83. The number of aromatic nitrogens is 1. The third kappa shape index (κ3) is 1.66. The van der Waals surface area contributed by atoms with E-state index in [1.54, 1.807) is 5.01 Å². The van der Waals surface area contributed by atoms with Crippen molar-refractivity contribution in [3.8, 4) is 0 Å². The maximum absolute atomic E-state index is 6.14. The van der Waals surface area contributed by atoms with Crippen molar-refractivity contribution < 1.29 is 0 Å². The van der Waals surface area contributed by atoms with Gasteiger partial charge in [0.15, 0.2) is 0 Å². The van der Waals surface area contributed by atoms with Crippen LogP contribution in [0.3, 0.4) is 0 Å². The zero-order valence-electron chi connectivity index (χ0n) is 9.30. The summed E-state index contributed by atoms with van der Waals surface area (Å²) < 4.78 is 0. The van der Waals surface area contributed by atoms with Crippen LogP contribution < -0.4 is 10.9 Å². The molecule has 0 atom stereocenters. The minimum atomic E-state index is 0.970. The first-order valence-electron chi connectivity index (χ1n) is 5.52. The molecule has 3 rings (SSSR count). The molecule has 0 aliphatic carbocycles. The number of benzene rings is 2. The van der Waals surface area contributed by atoms with E-state index < -0.39 is 0 Å². The molecule has 3 aromatic rings. The van der Waals surface area contributed by atoms with E-state index in [0.717, 1.165) is 22.3 Å². The molecule has 84 valence electrons. The van der Waals surface area contributed by atoms with Crippen molar-refractivity contribution in [1.29, 1.82) is 0 Å². The molecule has 0 saturated carbocycles. The van der Waals surface area contributed by atoms with Crippen molar-refractivity contribution in [3.05, 3.63) is 60.8 Å². The number of hydrogen-bond acceptors (Lipinski definition) is 2. The van der Waals surface area contributed by atoms with Gasteiger partial charge in [-0.3, -0.25) is 5.01 Å². The van der Waals surface area contributed by atoms with Gasteiger partial charge in [0.05, 0.1) is 11.4 Å². The third-order valence-electron chi connectivity index (χ3n) is 2.86. The lowest BCUT2D eigenvalue weighted by Gasteiger charge is -2.17. The Labute approximate surface area is 99.4 Å². The number of H-pyrrole nitrogens is 1. The van der Waals surface area contributed by atoms with Gasteiger partial charge in [0.25, 0.3) is 0 Å². The van der Waals surface area contributed by atoms with Crippen molar-refractivity contribution >= 4 is 22.3 Å². The summed E-state index contributed by atoms with van der Waals surface area (Å²) in [5.41, 5.74) is 3.04. The van der Waals surface area contributed by atoms with Crippen LogP contribution in [0.1, 0.15) is 0 Å². The summed E-state index contributed by atoms with van der Waals surface area (Å²) in [7, 11) is 0. The van der Waals surface area contributed by atoms with Crippen LogP contribution in [-0.2, 0) is 0 Å². The minimum Gasteiger partial charge on any atom is -0.359 e. The quantitative estimate of drug-likeness (QED) is 0.517. The first-order valence-corrected chi connectivity index (χ1v) is 5.52. The molecule has 17 heavy (non-hydrogen) atoms. The Morgan fingerprint density at radius 3 is 2.41 bits per heavy atom. The Balaban J connectivity index is 2.10. The van der Waals surface area contributed by atoms with E-state index in [4.69, 9.17) is 5.84 Å². The van der Waals surface area contributed by atoms with Gasteiger partial charge < -0.3 is 4.98 Å². The van der Waals surface area contributed by atoms with Crippen LogP contribution in [-0.4, -0.2) is 4.98 Å². The lowest BCUT2D eigenvalue weighted by atomic mass is 10.2. The number of nitrogens with one attached hydrogen (secondary N) is 1. The molecule has 1 aromatic heterocycles. The van der Waals surface area contributed by atoms with Crippen LogP contribution in [0.5, 0.6) is 0 Å². The molecule has 0 amide bonds. The summed E-state index contributed by atoms with van der Waals surface area (Å²) >= 11 is 0. The smallest absolute Gasteiger partial charge is 0.0828 e. The van der Waals surface area contributed by atoms with Gasteiger partial charge >= 0.3 is 0 Å². The largest absolute Gasteiger partial charge is 0.359 e. The van der Waals surface area contributed by atoms with Crippen molar-refractivity contribution in [2.45, 2.75) is 0 Å². The Hall–Kier alpha value is -2.26. The summed E-state index contributed by atoms with van der Waals surface area (Å²) in [6.45, 7) is 0. The second kappa shape index (κ2) is 3.96. The normalized spacial score (nSPS) is 10.6. The molecule has 0 saturated heterocycles. The summed E-state index contributed by atoms with van der Waals surface area (Å²) in [6.07, 6.45) is 1.93. The number of para-hydroxylation sites is 2. The fraction of sp³-hybridized carbons (Fsp3) is 0. The average molecular weight is 223 g/mol. The third-order valence-corrected chi connectivity index (χ3v) is 2.86. The Kier molecular flexibility index (Phi) is 2.31. The summed E-state index contributed by atoms with van der Waals surface area (Å²) in [5.74, 6) is 6.14. The minimum absolute atomic E-state index is 0.970. The van der Waals surface area contributed by atoms with Crippen molar-refractivity contribution in [3.63, 3.8) is 0 Å². The number of hydrogen-bond donors (Lipinski definition) is 2. The van der Waals surface area contributed by atoms with Gasteiger partial charge in [0, 0.05) is 17.1 Å². The molecule has 0 radical (unpaired) electrons. The van der Waals surface area contributed by atoms with Crippen LogP contribution in [0.25, 0.3) is 10.9 Å². The predicted molar refractivity (Wildman–Crippen MR) is 71.1 cm³/mol. The van der Waals surface area contributed by atoms with Crippen molar-refractivity contribution in [2.24, 2.45) is 5.84 Å². The fourth-order valence-corrected chi connectivity index (χ4v) is 1.98. The van der Waals surface area contributed by atoms with Crippen molar-refractivity contribution in [1.82, 2.24) is 4.98 Å². The molecule has 0 bridgehead atoms. The molecule has 3 N–H and O–H groups in total. The van der Waals surface area contributed by atoms with Crippen LogP contribution in [0.15, 0.2) is 60.8 Å². The molecule has 0 fully saturated rings. The molecular weight excluding hydrogens is 210 g/mol. The second-order valence-electron chi connectivity index (χ2n) is 3.93. The standard InChI is InChI=1S/C14H13N3/c15-17(11-6-2-1-3-7-11)14-10-16-13-9-5-4-8-12(13)14/h1-10,16H,15H2. The number of rotatable bonds is 2. The van der Waals surface area contributed by atoms with E-state index in [1.165, 1.54) is 0 Å². The number of aromatic amines is 1. The van der Waals surface area contributed by atoms with Crippen LogP contribution >= 0.6 is 0 Å². The lowest BCUT2D eigenvalue weighted by molar-refractivity contribution is 1.09. The number of hydrazine groups is 1. The number of anilines is 2. The maximum Gasteiger partial charge on any atom is 0.0828 e.